The molecule has 1 aliphatic rings. The Morgan fingerprint density at radius 3 is 2.67 bits per heavy atom. The standard InChI is InChI=1S/C15H15NOS/c1-16-10-14-7-6-13-8-11-4-2-3-5-12(11)9-15(13)18(14)17/h2-9,14,16H,10H2,1H3. The molecule has 2 nitrogen and oxygen atoms in total. The van der Waals surface area contributed by atoms with E-state index in [1.165, 1.54) is 5.39 Å². The third-order valence-electron chi connectivity index (χ3n) is 3.27. The van der Waals surface area contributed by atoms with Crippen LogP contribution in [0.5, 0.6) is 0 Å². The summed E-state index contributed by atoms with van der Waals surface area (Å²) in [6.07, 6.45) is 4.13. The molecule has 92 valence electrons. The molecule has 18 heavy (non-hydrogen) atoms. The summed E-state index contributed by atoms with van der Waals surface area (Å²) in [5.74, 6) is 0. The number of benzene rings is 2. The molecule has 0 radical (unpaired) electrons. The van der Waals surface area contributed by atoms with Gasteiger partial charge in [0.1, 0.15) is 0 Å². The molecule has 1 N–H and O–H groups in total. The molecule has 0 aliphatic carbocycles. The van der Waals surface area contributed by atoms with Gasteiger partial charge >= 0.3 is 0 Å². The Labute approximate surface area is 109 Å². The van der Waals surface area contributed by atoms with Crippen molar-refractivity contribution in [2.45, 2.75) is 10.1 Å². The van der Waals surface area contributed by atoms with Gasteiger partial charge in [0.25, 0.3) is 0 Å². The van der Waals surface area contributed by atoms with E-state index < -0.39 is 10.8 Å². The molecule has 0 spiro atoms. The number of hydrogen-bond acceptors (Lipinski definition) is 2. The minimum Gasteiger partial charge on any atom is -0.318 e. The van der Waals surface area contributed by atoms with Crippen LogP contribution in [0.4, 0.5) is 0 Å². The molecule has 2 unspecified atom stereocenters. The number of nitrogens with one attached hydrogen (secondary N) is 1. The van der Waals surface area contributed by atoms with Crippen molar-refractivity contribution in [1.29, 1.82) is 0 Å². The smallest absolute Gasteiger partial charge is 0.0702 e. The van der Waals surface area contributed by atoms with Crippen molar-refractivity contribution in [3.63, 3.8) is 0 Å². The van der Waals surface area contributed by atoms with Crippen LogP contribution in [0.1, 0.15) is 5.56 Å². The molecule has 0 saturated carbocycles. The van der Waals surface area contributed by atoms with Gasteiger partial charge in [0.2, 0.25) is 0 Å². The van der Waals surface area contributed by atoms with Gasteiger partial charge in [0.05, 0.1) is 16.0 Å². The molecule has 0 bridgehead atoms. The van der Waals surface area contributed by atoms with E-state index in [0.29, 0.717) is 0 Å². The fourth-order valence-corrected chi connectivity index (χ4v) is 3.80. The molecule has 2 aromatic rings. The fraction of sp³-hybridized carbons (Fsp3) is 0.200. The van der Waals surface area contributed by atoms with Crippen LogP contribution in [-0.2, 0) is 10.8 Å². The van der Waals surface area contributed by atoms with Crippen molar-refractivity contribution < 1.29 is 4.21 Å². The first-order chi connectivity index (χ1) is 8.79. The number of rotatable bonds is 2. The molecule has 0 aromatic heterocycles. The van der Waals surface area contributed by atoms with E-state index >= 15 is 0 Å². The summed E-state index contributed by atoms with van der Waals surface area (Å²) in [6, 6.07) is 12.4. The van der Waals surface area contributed by atoms with E-state index in [4.69, 9.17) is 0 Å². The number of fused-ring (bicyclic) bond motifs is 2. The average Bonchev–Trinajstić information content (AvgIpc) is 2.41. The highest BCUT2D eigenvalue weighted by Gasteiger charge is 2.21. The summed E-state index contributed by atoms with van der Waals surface area (Å²) in [6.45, 7) is 0.745. The third-order valence-corrected chi connectivity index (χ3v) is 4.93. The lowest BCUT2D eigenvalue weighted by molar-refractivity contribution is 0.671. The first-order valence-corrected chi connectivity index (χ1v) is 7.27. The number of hydrogen-bond donors (Lipinski definition) is 1. The highest BCUT2D eigenvalue weighted by atomic mass is 32.2. The van der Waals surface area contributed by atoms with Gasteiger partial charge in [-0.05, 0) is 35.5 Å². The van der Waals surface area contributed by atoms with Crippen molar-refractivity contribution >= 4 is 27.6 Å². The Morgan fingerprint density at radius 2 is 1.94 bits per heavy atom. The minimum absolute atomic E-state index is 0.0728. The molecule has 1 aliphatic heterocycles. The zero-order valence-electron chi connectivity index (χ0n) is 10.2. The van der Waals surface area contributed by atoms with Gasteiger partial charge in [-0.2, -0.15) is 0 Å². The van der Waals surface area contributed by atoms with Crippen LogP contribution in [0.15, 0.2) is 47.4 Å². The monoisotopic (exact) mass is 257 g/mol. The SMILES string of the molecule is CNCC1C=Cc2cc3ccccc3cc2S1=O. The second kappa shape index (κ2) is 4.67. The lowest BCUT2D eigenvalue weighted by Crippen LogP contribution is -2.28. The summed E-state index contributed by atoms with van der Waals surface area (Å²) in [7, 11) is 0.932. The van der Waals surface area contributed by atoms with Crippen LogP contribution in [0.2, 0.25) is 0 Å². The predicted octanol–water partition coefficient (Wildman–Crippen LogP) is 2.56. The van der Waals surface area contributed by atoms with Gasteiger partial charge in [0, 0.05) is 11.4 Å². The van der Waals surface area contributed by atoms with Crippen LogP contribution >= 0.6 is 0 Å². The summed E-state index contributed by atoms with van der Waals surface area (Å²) >= 11 is 0. The van der Waals surface area contributed by atoms with Crippen LogP contribution < -0.4 is 5.32 Å². The van der Waals surface area contributed by atoms with Crippen molar-refractivity contribution in [1.82, 2.24) is 5.32 Å². The maximum absolute atomic E-state index is 12.5. The Balaban J connectivity index is 2.14. The van der Waals surface area contributed by atoms with E-state index in [-0.39, 0.29) is 5.25 Å². The summed E-state index contributed by atoms with van der Waals surface area (Å²) < 4.78 is 12.5. The van der Waals surface area contributed by atoms with Gasteiger partial charge in [-0.25, -0.2) is 0 Å². The lowest BCUT2D eigenvalue weighted by Gasteiger charge is -2.19. The Bertz CT molecular complexity index is 648. The van der Waals surface area contributed by atoms with E-state index in [2.05, 4.69) is 35.7 Å². The summed E-state index contributed by atoms with van der Waals surface area (Å²) in [5, 5.41) is 5.52. The van der Waals surface area contributed by atoms with E-state index in [9.17, 15) is 4.21 Å². The molecular formula is C15H15NOS. The molecule has 0 saturated heterocycles. The second-order valence-corrected chi connectivity index (χ2v) is 6.13. The highest BCUT2D eigenvalue weighted by Crippen LogP contribution is 2.29. The first kappa shape index (κ1) is 11.6. The zero-order valence-corrected chi connectivity index (χ0v) is 11.0. The third kappa shape index (κ3) is 1.89. The van der Waals surface area contributed by atoms with Crippen molar-refractivity contribution in [2.75, 3.05) is 13.6 Å². The summed E-state index contributed by atoms with van der Waals surface area (Å²) in [4.78, 5) is 0.955. The average molecular weight is 257 g/mol. The summed E-state index contributed by atoms with van der Waals surface area (Å²) in [5.41, 5.74) is 1.08. The molecule has 3 rings (SSSR count). The predicted molar refractivity (Wildman–Crippen MR) is 77.1 cm³/mol. The lowest BCUT2D eigenvalue weighted by atomic mass is 10.1. The Kier molecular flexibility index (Phi) is 3.02. The zero-order chi connectivity index (χ0) is 12.5. The van der Waals surface area contributed by atoms with E-state index in [0.717, 1.165) is 22.4 Å². The van der Waals surface area contributed by atoms with Crippen molar-refractivity contribution in [3.8, 4) is 0 Å². The minimum atomic E-state index is -0.958. The van der Waals surface area contributed by atoms with Crippen LogP contribution in [0, 0.1) is 0 Å². The van der Waals surface area contributed by atoms with Crippen LogP contribution in [-0.4, -0.2) is 23.1 Å². The van der Waals surface area contributed by atoms with Crippen molar-refractivity contribution in [3.05, 3.63) is 48.0 Å². The molecule has 3 heteroatoms. The molecule has 2 atom stereocenters. The second-order valence-electron chi connectivity index (χ2n) is 4.49. The van der Waals surface area contributed by atoms with Gasteiger partial charge in [-0.1, -0.05) is 36.4 Å². The van der Waals surface area contributed by atoms with E-state index in [1.807, 2.05) is 25.3 Å². The largest absolute Gasteiger partial charge is 0.318 e. The normalized spacial score (nSPS) is 22.1. The highest BCUT2D eigenvalue weighted by molar-refractivity contribution is 7.86. The quantitative estimate of drug-likeness (QED) is 0.896. The molecule has 0 fully saturated rings. The molecule has 2 aromatic carbocycles. The van der Waals surface area contributed by atoms with Gasteiger partial charge in [-0.15, -0.1) is 0 Å². The molecular weight excluding hydrogens is 242 g/mol. The maximum Gasteiger partial charge on any atom is 0.0702 e. The Morgan fingerprint density at radius 1 is 1.22 bits per heavy atom. The first-order valence-electron chi connectivity index (χ1n) is 6.06. The van der Waals surface area contributed by atoms with Crippen LogP contribution in [0.25, 0.3) is 16.8 Å². The maximum atomic E-state index is 12.5. The molecule has 1 heterocycles. The Hall–Kier alpha value is -1.45. The van der Waals surface area contributed by atoms with Gasteiger partial charge in [0.15, 0.2) is 0 Å². The fourth-order valence-electron chi connectivity index (χ4n) is 2.33. The van der Waals surface area contributed by atoms with E-state index in [1.54, 1.807) is 0 Å². The topological polar surface area (TPSA) is 29.1 Å². The van der Waals surface area contributed by atoms with Crippen LogP contribution in [0.3, 0.4) is 0 Å². The van der Waals surface area contributed by atoms with Gasteiger partial charge in [-0.3, -0.25) is 4.21 Å². The molecule has 0 amide bonds. The van der Waals surface area contributed by atoms with Gasteiger partial charge < -0.3 is 5.32 Å². The van der Waals surface area contributed by atoms with Crippen molar-refractivity contribution in [2.24, 2.45) is 0 Å².